The third-order valence-electron chi connectivity index (χ3n) is 3.57. The van der Waals surface area contributed by atoms with Gasteiger partial charge in [0.2, 0.25) is 0 Å². The Morgan fingerprint density at radius 1 is 1.36 bits per heavy atom. The van der Waals surface area contributed by atoms with Gasteiger partial charge in [-0.2, -0.15) is 0 Å². The van der Waals surface area contributed by atoms with Crippen molar-refractivity contribution in [3.63, 3.8) is 0 Å². The molecule has 22 heavy (non-hydrogen) atoms. The summed E-state index contributed by atoms with van der Waals surface area (Å²) in [5, 5.41) is 17.1. The molecule has 0 saturated carbocycles. The number of anilines is 1. The molecule has 0 heterocycles. The van der Waals surface area contributed by atoms with E-state index in [-0.39, 0.29) is 6.04 Å². The van der Waals surface area contributed by atoms with Crippen molar-refractivity contribution in [3.05, 3.63) is 46.4 Å². The van der Waals surface area contributed by atoms with Crippen LogP contribution in [0.5, 0.6) is 5.75 Å². The molecule has 1 aromatic rings. The second-order valence-corrected chi connectivity index (χ2v) is 5.20. The number of nitrogens with one attached hydrogen (secondary N) is 2. The Morgan fingerprint density at radius 3 is 2.64 bits per heavy atom. The van der Waals surface area contributed by atoms with E-state index in [4.69, 9.17) is 4.74 Å². The maximum atomic E-state index is 10.8. The minimum atomic E-state index is -0.470. The predicted octanol–water partition coefficient (Wildman–Crippen LogP) is 3.60. The van der Waals surface area contributed by atoms with Gasteiger partial charge in [0.05, 0.1) is 17.2 Å². The maximum Gasteiger partial charge on any atom is 0.274 e. The lowest BCUT2D eigenvalue weighted by Crippen LogP contribution is -2.34. The lowest BCUT2D eigenvalue weighted by molar-refractivity contribution is -0.403. The van der Waals surface area contributed by atoms with Crippen molar-refractivity contribution in [3.8, 4) is 5.75 Å². The van der Waals surface area contributed by atoms with Gasteiger partial charge >= 0.3 is 0 Å². The van der Waals surface area contributed by atoms with Gasteiger partial charge in [-0.1, -0.05) is 32.4 Å². The molecule has 0 saturated heterocycles. The third kappa shape index (κ3) is 5.63. The summed E-state index contributed by atoms with van der Waals surface area (Å²) in [5.41, 5.74) is 0.696. The fourth-order valence-electron chi connectivity index (χ4n) is 1.95. The van der Waals surface area contributed by atoms with Gasteiger partial charge in [-0.3, -0.25) is 10.1 Å². The second kappa shape index (κ2) is 8.92. The fraction of sp³-hybridized carbons (Fsp3) is 0.500. The Morgan fingerprint density at radius 2 is 2.05 bits per heavy atom. The first kappa shape index (κ1) is 17.8. The van der Waals surface area contributed by atoms with Crippen LogP contribution in [0.2, 0.25) is 0 Å². The monoisotopic (exact) mass is 307 g/mol. The molecule has 6 nitrogen and oxygen atoms in total. The highest BCUT2D eigenvalue weighted by molar-refractivity contribution is 5.59. The number of benzene rings is 1. The van der Waals surface area contributed by atoms with Crippen molar-refractivity contribution in [2.45, 2.75) is 40.2 Å². The number of hydrogen-bond donors (Lipinski definition) is 2. The van der Waals surface area contributed by atoms with E-state index in [9.17, 15) is 10.1 Å². The van der Waals surface area contributed by atoms with Crippen LogP contribution in [-0.2, 0) is 0 Å². The van der Waals surface area contributed by atoms with E-state index in [0.717, 1.165) is 12.6 Å². The summed E-state index contributed by atoms with van der Waals surface area (Å²) in [5.74, 6) is 1.42. The molecule has 0 aromatic heterocycles. The van der Waals surface area contributed by atoms with Crippen molar-refractivity contribution in [2.24, 2.45) is 5.92 Å². The Labute approximate surface area is 131 Å². The molecule has 0 aliphatic carbocycles. The van der Waals surface area contributed by atoms with Gasteiger partial charge < -0.3 is 15.4 Å². The maximum absolute atomic E-state index is 10.8. The van der Waals surface area contributed by atoms with E-state index < -0.39 is 4.92 Å². The van der Waals surface area contributed by atoms with Crippen molar-refractivity contribution < 1.29 is 9.66 Å². The van der Waals surface area contributed by atoms with Crippen molar-refractivity contribution in [1.82, 2.24) is 5.32 Å². The lowest BCUT2D eigenvalue weighted by atomic mass is 10.0. The smallest absolute Gasteiger partial charge is 0.274 e. The van der Waals surface area contributed by atoms with Crippen LogP contribution in [0.15, 0.2) is 36.3 Å². The molecule has 0 aliphatic rings. The van der Waals surface area contributed by atoms with E-state index in [1.54, 1.807) is 0 Å². The number of nitrogens with zero attached hydrogens (tertiary/aromatic N) is 1. The van der Waals surface area contributed by atoms with Gasteiger partial charge in [-0.05, 0) is 31.9 Å². The summed E-state index contributed by atoms with van der Waals surface area (Å²) in [6.45, 7) is 8.64. The van der Waals surface area contributed by atoms with Crippen molar-refractivity contribution >= 4 is 5.69 Å². The molecular formula is C16H25N3O3. The quantitative estimate of drug-likeness (QED) is 0.538. The van der Waals surface area contributed by atoms with Crippen LogP contribution in [0.25, 0.3) is 0 Å². The minimum absolute atomic E-state index is 0.114. The van der Waals surface area contributed by atoms with E-state index in [2.05, 4.69) is 24.5 Å². The van der Waals surface area contributed by atoms with Crippen LogP contribution in [0.3, 0.4) is 0 Å². The highest BCUT2D eigenvalue weighted by Crippen LogP contribution is 2.25. The van der Waals surface area contributed by atoms with E-state index >= 15 is 0 Å². The molecule has 6 heteroatoms. The van der Waals surface area contributed by atoms with Gasteiger partial charge in [0.25, 0.3) is 6.20 Å². The first-order valence-electron chi connectivity index (χ1n) is 7.58. The molecule has 1 rings (SSSR count). The van der Waals surface area contributed by atoms with Crippen LogP contribution in [0.1, 0.15) is 34.1 Å². The first-order chi connectivity index (χ1) is 10.5. The van der Waals surface area contributed by atoms with E-state index in [1.807, 2.05) is 38.1 Å². The Hall–Kier alpha value is -2.24. The summed E-state index contributed by atoms with van der Waals surface area (Å²) in [7, 11) is 0. The molecule has 122 valence electrons. The topological polar surface area (TPSA) is 76.4 Å². The molecule has 0 bridgehead atoms. The zero-order valence-corrected chi connectivity index (χ0v) is 13.6. The zero-order valence-electron chi connectivity index (χ0n) is 13.6. The SMILES string of the molecule is CCOc1ccccc1N/C(=C/[N+](=O)[O-])NC(C)C(C)CC. The minimum Gasteiger partial charge on any atom is -0.492 e. The summed E-state index contributed by atoms with van der Waals surface area (Å²) >= 11 is 0. The number of ether oxygens (including phenoxy) is 1. The van der Waals surface area contributed by atoms with Crippen LogP contribution in [0.4, 0.5) is 5.69 Å². The number of rotatable bonds is 9. The fourth-order valence-corrected chi connectivity index (χ4v) is 1.95. The summed E-state index contributed by atoms with van der Waals surface area (Å²) < 4.78 is 5.53. The standard InChI is InChI=1S/C16H25N3O3/c1-5-12(3)13(4)17-16(11-19(20)21)18-14-9-7-8-10-15(14)22-6-2/h7-13,17-18H,5-6H2,1-4H3/b16-11+. The molecule has 0 spiro atoms. The summed E-state index contributed by atoms with van der Waals surface area (Å²) in [4.78, 5) is 10.4. The molecular weight excluding hydrogens is 282 g/mol. The highest BCUT2D eigenvalue weighted by Gasteiger charge is 2.14. The van der Waals surface area contributed by atoms with Gasteiger partial charge in [0.15, 0.2) is 5.82 Å². The molecule has 0 aliphatic heterocycles. The lowest BCUT2D eigenvalue weighted by Gasteiger charge is -2.23. The van der Waals surface area contributed by atoms with E-state index in [0.29, 0.717) is 29.8 Å². The van der Waals surface area contributed by atoms with Crippen LogP contribution < -0.4 is 15.4 Å². The molecule has 0 fully saturated rings. The molecule has 2 unspecified atom stereocenters. The van der Waals surface area contributed by atoms with Gasteiger partial charge in [-0.25, -0.2) is 0 Å². The molecule has 2 atom stereocenters. The molecule has 0 radical (unpaired) electrons. The van der Waals surface area contributed by atoms with Gasteiger partial charge in [0.1, 0.15) is 5.75 Å². The normalized spacial score (nSPS) is 14.1. The molecule has 2 N–H and O–H groups in total. The number of para-hydroxylation sites is 2. The van der Waals surface area contributed by atoms with Crippen molar-refractivity contribution in [1.29, 1.82) is 0 Å². The average Bonchev–Trinajstić information content (AvgIpc) is 2.47. The predicted molar refractivity (Wildman–Crippen MR) is 88.4 cm³/mol. The van der Waals surface area contributed by atoms with Crippen molar-refractivity contribution in [2.75, 3.05) is 11.9 Å². The first-order valence-corrected chi connectivity index (χ1v) is 7.58. The number of nitro groups is 1. The van der Waals surface area contributed by atoms with E-state index in [1.165, 1.54) is 0 Å². The summed E-state index contributed by atoms with van der Waals surface area (Å²) in [6.07, 6.45) is 1.94. The van der Waals surface area contributed by atoms with Crippen LogP contribution in [0, 0.1) is 16.0 Å². The van der Waals surface area contributed by atoms with Crippen LogP contribution in [-0.4, -0.2) is 17.6 Å². The van der Waals surface area contributed by atoms with Crippen LogP contribution >= 0.6 is 0 Å². The molecule has 1 aromatic carbocycles. The average molecular weight is 307 g/mol. The van der Waals surface area contributed by atoms with Gasteiger partial charge in [0, 0.05) is 6.04 Å². The second-order valence-electron chi connectivity index (χ2n) is 5.20. The molecule has 0 amide bonds. The Kier molecular flexibility index (Phi) is 7.22. The zero-order chi connectivity index (χ0) is 16.5. The Balaban J connectivity index is 2.93. The largest absolute Gasteiger partial charge is 0.492 e. The summed E-state index contributed by atoms with van der Waals surface area (Å²) in [6, 6.07) is 7.49. The Bertz CT molecular complexity index is 517. The highest BCUT2D eigenvalue weighted by atomic mass is 16.6. The third-order valence-corrected chi connectivity index (χ3v) is 3.57. The van der Waals surface area contributed by atoms with Gasteiger partial charge in [-0.15, -0.1) is 0 Å². The number of hydrogen-bond acceptors (Lipinski definition) is 5.